The lowest BCUT2D eigenvalue weighted by molar-refractivity contribution is 0.0926. The largest absolute Gasteiger partial charge is 0.362 e. The van der Waals surface area contributed by atoms with Gasteiger partial charge < -0.3 is 15.5 Å². The molecule has 1 heterocycles. The van der Waals surface area contributed by atoms with E-state index < -0.39 is 0 Å². The number of carbonyl (C=O) groups excluding carboxylic acids is 1. The van der Waals surface area contributed by atoms with Crippen LogP contribution in [-0.4, -0.2) is 42.1 Å². The van der Waals surface area contributed by atoms with Gasteiger partial charge in [0.25, 0.3) is 5.91 Å². The van der Waals surface area contributed by atoms with E-state index in [9.17, 15) is 4.79 Å². The molecule has 1 amide bonds. The first-order valence-electron chi connectivity index (χ1n) is 10.00. The van der Waals surface area contributed by atoms with Gasteiger partial charge in [0.05, 0.1) is 0 Å². The van der Waals surface area contributed by atoms with Crippen molar-refractivity contribution in [1.82, 2.24) is 15.3 Å². The molecule has 2 N–H and O–H groups in total. The molecule has 2 aromatic rings. The number of benzene rings is 1. The van der Waals surface area contributed by atoms with Crippen molar-refractivity contribution in [3.8, 4) is 0 Å². The fraction of sp³-hybridized carbons (Fsp3) is 0.500. The molecule has 3 rings (SSSR count). The third kappa shape index (κ3) is 4.80. The van der Waals surface area contributed by atoms with Gasteiger partial charge in [0.1, 0.15) is 5.82 Å². The summed E-state index contributed by atoms with van der Waals surface area (Å²) in [6.07, 6.45) is 3.90. The maximum absolute atomic E-state index is 12.5. The minimum Gasteiger partial charge on any atom is -0.362 e. The smallest absolute Gasteiger partial charge is 0.251 e. The van der Waals surface area contributed by atoms with Crippen LogP contribution in [0.4, 0.5) is 11.8 Å². The Morgan fingerprint density at radius 3 is 2.36 bits per heavy atom. The predicted molar refractivity (Wildman–Crippen MR) is 114 cm³/mol. The molecule has 0 spiro atoms. The van der Waals surface area contributed by atoms with Gasteiger partial charge in [-0.1, -0.05) is 17.7 Å². The second kappa shape index (κ2) is 8.59. The summed E-state index contributed by atoms with van der Waals surface area (Å²) in [6, 6.07) is 8.30. The van der Waals surface area contributed by atoms with Crippen LogP contribution < -0.4 is 15.5 Å². The van der Waals surface area contributed by atoms with Crippen molar-refractivity contribution in [1.29, 1.82) is 0 Å². The number of aryl methyl sites for hydroxylation is 2. The zero-order valence-corrected chi connectivity index (χ0v) is 17.5. The Morgan fingerprint density at radius 2 is 1.71 bits per heavy atom. The van der Waals surface area contributed by atoms with Gasteiger partial charge in [-0.25, -0.2) is 4.98 Å². The van der Waals surface area contributed by atoms with Gasteiger partial charge in [-0.3, -0.25) is 4.79 Å². The summed E-state index contributed by atoms with van der Waals surface area (Å²) in [5, 5.41) is 6.68. The second-order valence-corrected chi connectivity index (χ2v) is 8.01. The van der Waals surface area contributed by atoms with E-state index >= 15 is 0 Å². The number of carbonyl (C=O) groups is 1. The number of aromatic nitrogens is 2. The van der Waals surface area contributed by atoms with Crippen molar-refractivity contribution in [3.63, 3.8) is 0 Å². The Hall–Kier alpha value is -2.63. The van der Waals surface area contributed by atoms with Crippen LogP contribution in [0.2, 0.25) is 0 Å². The maximum atomic E-state index is 12.5. The number of hydrogen-bond donors (Lipinski definition) is 2. The highest BCUT2D eigenvalue weighted by Crippen LogP contribution is 2.24. The molecule has 6 nitrogen and oxygen atoms in total. The quantitative estimate of drug-likeness (QED) is 0.828. The van der Waals surface area contributed by atoms with Crippen LogP contribution in [0.25, 0.3) is 0 Å². The first-order valence-corrected chi connectivity index (χ1v) is 10.00. The SMILES string of the molecule is Cc1cccc(C(=O)N[C@H]2CC[C@@H](Nc3nc(C)c(C)c(N(C)C)n3)CC2)c1. The normalized spacial score (nSPS) is 19.2. The van der Waals surface area contributed by atoms with Crippen molar-refractivity contribution in [2.24, 2.45) is 0 Å². The minimum atomic E-state index is 0.0215. The molecule has 1 aliphatic carbocycles. The summed E-state index contributed by atoms with van der Waals surface area (Å²) in [5.74, 6) is 1.67. The summed E-state index contributed by atoms with van der Waals surface area (Å²) in [7, 11) is 4.00. The van der Waals surface area contributed by atoms with E-state index in [4.69, 9.17) is 0 Å². The van der Waals surface area contributed by atoms with E-state index in [1.165, 1.54) is 0 Å². The molecule has 1 aliphatic rings. The van der Waals surface area contributed by atoms with Gasteiger partial charge >= 0.3 is 0 Å². The zero-order chi connectivity index (χ0) is 20.3. The van der Waals surface area contributed by atoms with E-state index in [1.807, 2.05) is 57.1 Å². The van der Waals surface area contributed by atoms with Gasteiger partial charge in [-0.2, -0.15) is 4.98 Å². The fourth-order valence-corrected chi connectivity index (χ4v) is 3.73. The number of rotatable bonds is 5. The topological polar surface area (TPSA) is 70.2 Å². The molecule has 0 radical (unpaired) electrons. The lowest BCUT2D eigenvalue weighted by Crippen LogP contribution is -2.40. The highest BCUT2D eigenvalue weighted by molar-refractivity contribution is 5.94. The van der Waals surface area contributed by atoms with Crippen LogP contribution in [0.15, 0.2) is 24.3 Å². The third-order valence-corrected chi connectivity index (χ3v) is 5.46. The van der Waals surface area contributed by atoms with Crippen molar-refractivity contribution in [2.45, 2.75) is 58.5 Å². The monoisotopic (exact) mass is 381 g/mol. The Bertz CT molecular complexity index is 841. The summed E-state index contributed by atoms with van der Waals surface area (Å²) >= 11 is 0. The fourth-order valence-electron chi connectivity index (χ4n) is 3.73. The molecule has 150 valence electrons. The van der Waals surface area contributed by atoms with Crippen LogP contribution in [0.5, 0.6) is 0 Å². The number of amides is 1. The Morgan fingerprint density at radius 1 is 1.04 bits per heavy atom. The molecule has 0 aliphatic heterocycles. The molecule has 0 saturated heterocycles. The number of hydrogen-bond acceptors (Lipinski definition) is 5. The molecular formula is C22H31N5O. The van der Waals surface area contributed by atoms with Crippen molar-refractivity contribution in [3.05, 3.63) is 46.6 Å². The van der Waals surface area contributed by atoms with Crippen molar-refractivity contribution in [2.75, 3.05) is 24.3 Å². The maximum Gasteiger partial charge on any atom is 0.251 e. The third-order valence-electron chi connectivity index (χ3n) is 5.46. The average molecular weight is 382 g/mol. The predicted octanol–water partition coefficient (Wildman–Crippen LogP) is 3.62. The molecule has 0 bridgehead atoms. The minimum absolute atomic E-state index is 0.0215. The number of nitrogens with one attached hydrogen (secondary N) is 2. The highest BCUT2D eigenvalue weighted by atomic mass is 16.1. The standard InChI is InChI=1S/C22H31N5O/c1-14-7-6-8-17(13-14)21(28)24-18-9-11-19(12-10-18)25-22-23-16(3)15(2)20(26-22)27(4)5/h6-8,13,18-19H,9-12H2,1-5H3,(H,24,28)(H,23,25,26)/t18-,19+. The molecule has 0 unspecified atom stereocenters. The Kier molecular flexibility index (Phi) is 6.17. The van der Waals surface area contributed by atoms with Crippen LogP contribution in [0.3, 0.4) is 0 Å². The molecule has 0 atom stereocenters. The zero-order valence-electron chi connectivity index (χ0n) is 17.5. The second-order valence-electron chi connectivity index (χ2n) is 8.01. The lowest BCUT2D eigenvalue weighted by Gasteiger charge is -2.30. The lowest BCUT2D eigenvalue weighted by atomic mass is 9.91. The van der Waals surface area contributed by atoms with Crippen LogP contribution in [-0.2, 0) is 0 Å². The first kappa shape index (κ1) is 20.1. The van der Waals surface area contributed by atoms with Gasteiger partial charge in [0.15, 0.2) is 0 Å². The van der Waals surface area contributed by atoms with E-state index in [-0.39, 0.29) is 11.9 Å². The summed E-state index contributed by atoms with van der Waals surface area (Å²) in [6.45, 7) is 6.08. The summed E-state index contributed by atoms with van der Waals surface area (Å²) < 4.78 is 0. The Labute approximate surface area is 167 Å². The van der Waals surface area contributed by atoms with E-state index in [0.717, 1.165) is 53.9 Å². The van der Waals surface area contributed by atoms with Crippen LogP contribution in [0.1, 0.15) is 52.9 Å². The van der Waals surface area contributed by atoms with Gasteiger partial charge in [0.2, 0.25) is 5.95 Å². The Balaban J connectivity index is 1.55. The molecule has 1 saturated carbocycles. The molecule has 28 heavy (non-hydrogen) atoms. The van der Waals surface area contributed by atoms with Crippen molar-refractivity contribution >= 4 is 17.7 Å². The summed E-state index contributed by atoms with van der Waals surface area (Å²) in [4.78, 5) is 23.8. The van der Waals surface area contributed by atoms with E-state index in [0.29, 0.717) is 12.0 Å². The van der Waals surface area contributed by atoms with Crippen molar-refractivity contribution < 1.29 is 4.79 Å². The van der Waals surface area contributed by atoms with E-state index in [2.05, 4.69) is 27.5 Å². The molecule has 6 heteroatoms. The molecule has 1 aromatic heterocycles. The molecule has 1 fully saturated rings. The average Bonchev–Trinajstić information content (AvgIpc) is 2.66. The number of anilines is 2. The van der Waals surface area contributed by atoms with Crippen LogP contribution in [0, 0.1) is 20.8 Å². The first-order chi connectivity index (χ1) is 13.3. The van der Waals surface area contributed by atoms with E-state index in [1.54, 1.807) is 0 Å². The summed E-state index contributed by atoms with van der Waals surface area (Å²) in [5.41, 5.74) is 3.95. The number of nitrogens with zero attached hydrogens (tertiary/aromatic N) is 3. The molecule has 1 aromatic carbocycles. The van der Waals surface area contributed by atoms with Gasteiger partial charge in [-0.15, -0.1) is 0 Å². The van der Waals surface area contributed by atoms with Crippen LogP contribution >= 0.6 is 0 Å². The molecular weight excluding hydrogens is 350 g/mol. The highest BCUT2D eigenvalue weighted by Gasteiger charge is 2.24. The van der Waals surface area contributed by atoms with Gasteiger partial charge in [0, 0.05) is 43.0 Å². The van der Waals surface area contributed by atoms with Gasteiger partial charge in [-0.05, 0) is 58.6 Å².